The number of hydrogen-bond donors (Lipinski definition) is 2. The number of rotatable bonds is 7. The number of aromatic nitrogens is 2. The highest BCUT2D eigenvalue weighted by Crippen LogP contribution is 2.18. The topological polar surface area (TPSA) is 75.3 Å². The monoisotopic (exact) mass is 529 g/mol. The molecule has 0 aliphatic heterocycles. The van der Waals surface area contributed by atoms with E-state index in [1.165, 1.54) is 6.07 Å². The Balaban J connectivity index is 0.00000300. The van der Waals surface area contributed by atoms with E-state index in [2.05, 4.69) is 25.8 Å². The van der Waals surface area contributed by atoms with E-state index in [0.29, 0.717) is 54.2 Å². The van der Waals surface area contributed by atoms with Gasteiger partial charge in [0, 0.05) is 37.1 Å². The summed E-state index contributed by atoms with van der Waals surface area (Å²) in [7, 11) is 1.68. The molecule has 0 atom stereocenters. The van der Waals surface area contributed by atoms with Crippen LogP contribution in [-0.2, 0) is 12.8 Å². The van der Waals surface area contributed by atoms with Crippen LogP contribution in [0.15, 0.2) is 58.0 Å². The minimum absolute atomic E-state index is 0. The minimum atomic E-state index is -0.194. The number of benzene rings is 2. The molecular weight excluding hydrogens is 508 g/mol. The average molecular weight is 530 g/mol. The van der Waals surface area contributed by atoms with Gasteiger partial charge in [-0.15, -0.1) is 24.0 Å². The first-order valence-electron chi connectivity index (χ1n) is 8.92. The Bertz CT molecular complexity index is 933. The number of aliphatic imine (C=N–C) groups is 1. The summed E-state index contributed by atoms with van der Waals surface area (Å²) in [5.74, 6) is 1.49. The summed E-state index contributed by atoms with van der Waals surface area (Å²) in [4.78, 5) is 8.54. The maximum absolute atomic E-state index is 13.6. The molecule has 0 aliphatic rings. The molecular formula is C20H22ClFIN5O. The van der Waals surface area contributed by atoms with Crippen molar-refractivity contribution in [1.29, 1.82) is 0 Å². The predicted octanol–water partition coefficient (Wildman–Crippen LogP) is 4.10. The van der Waals surface area contributed by atoms with Gasteiger partial charge >= 0.3 is 0 Å². The standard InChI is InChI=1S/C20H21ClFN5O.HI/c1-23-20(24-12-10-14-4-2-3-5-17(14)22)25-13-11-18-26-19(27-28-18)15-6-8-16(21)9-7-15;/h2-9H,10-13H2,1H3,(H2,23,24,25);1H. The zero-order valence-corrected chi connectivity index (χ0v) is 18.9. The van der Waals surface area contributed by atoms with E-state index in [9.17, 15) is 4.39 Å². The van der Waals surface area contributed by atoms with Crippen LogP contribution in [-0.4, -0.2) is 36.2 Å². The lowest BCUT2D eigenvalue weighted by Crippen LogP contribution is -2.39. The number of nitrogens with one attached hydrogen (secondary N) is 2. The van der Waals surface area contributed by atoms with E-state index in [4.69, 9.17) is 16.1 Å². The van der Waals surface area contributed by atoms with E-state index in [1.807, 2.05) is 18.2 Å². The number of halogens is 3. The molecule has 0 fully saturated rings. The van der Waals surface area contributed by atoms with Crippen molar-refractivity contribution in [2.45, 2.75) is 12.8 Å². The first kappa shape index (κ1) is 23.1. The van der Waals surface area contributed by atoms with Gasteiger partial charge in [0.2, 0.25) is 11.7 Å². The van der Waals surface area contributed by atoms with Crippen molar-refractivity contribution in [2.24, 2.45) is 4.99 Å². The molecule has 0 bridgehead atoms. The summed E-state index contributed by atoms with van der Waals surface area (Å²) in [6, 6.07) is 14.0. The van der Waals surface area contributed by atoms with Crippen LogP contribution in [0, 0.1) is 5.82 Å². The van der Waals surface area contributed by atoms with Gasteiger partial charge in [-0.05, 0) is 42.3 Å². The Morgan fingerprint density at radius 1 is 1.07 bits per heavy atom. The highest BCUT2D eigenvalue weighted by molar-refractivity contribution is 14.0. The average Bonchev–Trinajstić information content (AvgIpc) is 3.17. The van der Waals surface area contributed by atoms with Gasteiger partial charge in [0.15, 0.2) is 5.96 Å². The number of guanidine groups is 1. The van der Waals surface area contributed by atoms with E-state index in [1.54, 1.807) is 31.3 Å². The molecule has 0 aliphatic carbocycles. The lowest BCUT2D eigenvalue weighted by molar-refractivity contribution is 0.378. The summed E-state index contributed by atoms with van der Waals surface area (Å²) in [5.41, 5.74) is 1.52. The largest absolute Gasteiger partial charge is 0.356 e. The number of hydrogen-bond acceptors (Lipinski definition) is 4. The van der Waals surface area contributed by atoms with Gasteiger partial charge in [0.05, 0.1) is 0 Å². The van der Waals surface area contributed by atoms with Gasteiger partial charge in [-0.25, -0.2) is 4.39 Å². The molecule has 6 nitrogen and oxygen atoms in total. The molecule has 3 aromatic rings. The Kier molecular flexibility index (Phi) is 9.33. The lowest BCUT2D eigenvalue weighted by Gasteiger charge is -2.11. The second-order valence-electron chi connectivity index (χ2n) is 6.04. The van der Waals surface area contributed by atoms with Crippen LogP contribution in [0.2, 0.25) is 5.02 Å². The quantitative estimate of drug-likeness (QED) is 0.274. The Labute approximate surface area is 191 Å². The maximum Gasteiger partial charge on any atom is 0.228 e. The van der Waals surface area contributed by atoms with Gasteiger partial charge in [-0.2, -0.15) is 4.98 Å². The van der Waals surface area contributed by atoms with Crippen molar-refractivity contribution >= 4 is 41.5 Å². The van der Waals surface area contributed by atoms with Crippen molar-refractivity contribution in [3.8, 4) is 11.4 Å². The molecule has 2 N–H and O–H groups in total. The molecule has 1 aromatic heterocycles. The van der Waals surface area contributed by atoms with Crippen LogP contribution >= 0.6 is 35.6 Å². The molecule has 29 heavy (non-hydrogen) atoms. The number of nitrogens with zero attached hydrogens (tertiary/aromatic N) is 3. The Morgan fingerprint density at radius 3 is 2.45 bits per heavy atom. The van der Waals surface area contributed by atoms with Gasteiger partial charge in [-0.1, -0.05) is 35.0 Å². The third kappa shape index (κ3) is 6.97. The summed E-state index contributed by atoms with van der Waals surface area (Å²) in [6.45, 7) is 1.14. The molecule has 9 heteroatoms. The van der Waals surface area contributed by atoms with E-state index < -0.39 is 0 Å². The Hall–Kier alpha value is -2.20. The highest BCUT2D eigenvalue weighted by atomic mass is 127. The van der Waals surface area contributed by atoms with Gasteiger partial charge in [0.25, 0.3) is 0 Å². The van der Waals surface area contributed by atoms with Crippen LogP contribution < -0.4 is 10.6 Å². The molecule has 0 amide bonds. The smallest absolute Gasteiger partial charge is 0.228 e. The molecule has 3 rings (SSSR count). The Morgan fingerprint density at radius 2 is 1.76 bits per heavy atom. The van der Waals surface area contributed by atoms with Crippen LogP contribution in [0.3, 0.4) is 0 Å². The summed E-state index contributed by atoms with van der Waals surface area (Å²) in [5, 5.41) is 11.0. The van der Waals surface area contributed by atoms with E-state index in [0.717, 1.165) is 5.56 Å². The SMILES string of the molecule is CN=C(NCCc1nc(-c2ccc(Cl)cc2)no1)NCCc1ccccc1F.I. The molecule has 2 aromatic carbocycles. The molecule has 1 heterocycles. The van der Waals surface area contributed by atoms with Crippen molar-refractivity contribution in [3.63, 3.8) is 0 Å². The predicted molar refractivity (Wildman–Crippen MR) is 123 cm³/mol. The van der Waals surface area contributed by atoms with Crippen LogP contribution in [0.1, 0.15) is 11.5 Å². The first-order valence-corrected chi connectivity index (χ1v) is 9.30. The molecule has 0 saturated carbocycles. The second kappa shape index (κ2) is 11.7. The molecule has 154 valence electrons. The second-order valence-corrected chi connectivity index (χ2v) is 6.47. The van der Waals surface area contributed by atoms with Crippen molar-refractivity contribution < 1.29 is 8.91 Å². The first-order chi connectivity index (χ1) is 13.7. The summed E-state index contributed by atoms with van der Waals surface area (Å²) >= 11 is 5.89. The molecule has 0 unspecified atom stereocenters. The van der Waals surface area contributed by atoms with Gasteiger partial charge in [-0.3, -0.25) is 4.99 Å². The van der Waals surface area contributed by atoms with Gasteiger partial charge in [0.1, 0.15) is 5.82 Å². The fourth-order valence-electron chi connectivity index (χ4n) is 2.60. The van der Waals surface area contributed by atoms with E-state index in [-0.39, 0.29) is 29.8 Å². The fraction of sp³-hybridized carbons (Fsp3) is 0.250. The van der Waals surface area contributed by atoms with Crippen molar-refractivity contribution in [1.82, 2.24) is 20.8 Å². The highest BCUT2D eigenvalue weighted by Gasteiger charge is 2.09. The molecule has 0 saturated heterocycles. The molecule has 0 spiro atoms. The zero-order chi connectivity index (χ0) is 19.8. The van der Waals surface area contributed by atoms with E-state index >= 15 is 0 Å². The normalized spacial score (nSPS) is 11.1. The minimum Gasteiger partial charge on any atom is -0.356 e. The van der Waals surface area contributed by atoms with Crippen LogP contribution in [0.4, 0.5) is 4.39 Å². The zero-order valence-electron chi connectivity index (χ0n) is 15.9. The third-order valence-corrected chi connectivity index (χ3v) is 4.32. The van der Waals surface area contributed by atoms with Crippen LogP contribution in [0.5, 0.6) is 0 Å². The third-order valence-electron chi connectivity index (χ3n) is 4.07. The molecule has 0 radical (unpaired) electrons. The van der Waals surface area contributed by atoms with Gasteiger partial charge < -0.3 is 15.2 Å². The summed E-state index contributed by atoms with van der Waals surface area (Å²) < 4.78 is 18.9. The van der Waals surface area contributed by atoms with Crippen LogP contribution in [0.25, 0.3) is 11.4 Å². The maximum atomic E-state index is 13.6. The summed E-state index contributed by atoms with van der Waals surface area (Å²) in [6.07, 6.45) is 1.12. The lowest BCUT2D eigenvalue weighted by atomic mass is 10.1. The van der Waals surface area contributed by atoms with Crippen molar-refractivity contribution in [3.05, 3.63) is 70.8 Å². The fourth-order valence-corrected chi connectivity index (χ4v) is 2.72. The van der Waals surface area contributed by atoms with Crippen molar-refractivity contribution in [2.75, 3.05) is 20.1 Å².